The number of phosphoric ester groups is 1. The van der Waals surface area contributed by atoms with E-state index in [1.807, 2.05) is 0 Å². The van der Waals surface area contributed by atoms with E-state index in [4.69, 9.17) is 9.63 Å². The topological polar surface area (TPSA) is 148 Å². The predicted molar refractivity (Wildman–Crippen MR) is 50.3 cm³/mol. The van der Waals surface area contributed by atoms with Crippen LogP contribution in [0.5, 0.6) is 0 Å². The van der Waals surface area contributed by atoms with Crippen molar-refractivity contribution in [3.8, 4) is 0 Å². The van der Waals surface area contributed by atoms with E-state index in [9.17, 15) is 24.5 Å². The smallest absolute Gasteiger partial charge is 0.265 e. The lowest BCUT2D eigenvalue weighted by Gasteiger charge is -2.23. The summed E-state index contributed by atoms with van der Waals surface area (Å²) in [6.45, 7) is 0.552. The molecule has 0 saturated carbocycles. The Bertz CT molecular complexity index is 330. The molecule has 4 N–H and O–H groups in total. The van der Waals surface area contributed by atoms with Gasteiger partial charge in [0.25, 0.3) is 7.82 Å². The Labute approximate surface area is 96.6 Å². The third kappa shape index (κ3) is 4.32. The molecule has 0 bridgehead atoms. The van der Waals surface area contributed by atoms with Crippen LogP contribution in [0.4, 0.5) is 0 Å². The molecule has 1 saturated heterocycles. The van der Waals surface area contributed by atoms with Gasteiger partial charge < -0.3 is 34.6 Å². The first-order valence-electron chi connectivity index (χ1n) is 4.68. The number of phosphoric acid groups is 1. The second-order valence-electron chi connectivity index (χ2n) is 3.55. The number of hydrogen-bond acceptors (Lipinski definition) is 7. The lowest BCUT2D eigenvalue weighted by molar-refractivity contribution is -0.223. The standard InChI is InChI=1S/C7H14NO8P/c1-3(9)8-5-4(2-15-17(12,13)14)16-7(11)6(5)10/h4-7,10-11H,2H2,1H3,(H,8,9)(H2,12,13,14)/p-1/t4-,5?,6?,7-/m1/s1. The van der Waals surface area contributed by atoms with Crippen LogP contribution in [0.3, 0.4) is 0 Å². The van der Waals surface area contributed by atoms with Gasteiger partial charge in [-0.2, -0.15) is 0 Å². The van der Waals surface area contributed by atoms with Crippen LogP contribution in [0.2, 0.25) is 0 Å². The molecule has 1 amide bonds. The summed E-state index contributed by atoms with van der Waals surface area (Å²) in [5.41, 5.74) is 0. The predicted octanol–water partition coefficient (Wildman–Crippen LogP) is -2.95. The Hall–Kier alpha value is -0.540. The molecule has 10 heteroatoms. The highest BCUT2D eigenvalue weighted by atomic mass is 31.2. The third-order valence-corrected chi connectivity index (χ3v) is 2.62. The molecule has 0 aromatic carbocycles. The minimum Gasteiger partial charge on any atom is -0.756 e. The van der Waals surface area contributed by atoms with E-state index < -0.39 is 44.9 Å². The van der Waals surface area contributed by atoms with E-state index in [0.717, 1.165) is 0 Å². The van der Waals surface area contributed by atoms with Gasteiger partial charge in [0.05, 0.1) is 12.6 Å². The number of carbonyl (C=O) groups excluding carboxylic acids is 1. The van der Waals surface area contributed by atoms with Crippen molar-refractivity contribution >= 4 is 13.7 Å². The molecular formula is C7H13NO8P-. The molecule has 1 fully saturated rings. The van der Waals surface area contributed by atoms with Crippen molar-refractivity contribution in [3.05, 3.63) is 0 Å². The molecular weight excluding hydrogens is 257 g/mol. The van der Waals surface area contributed by atoms with Crippen molar-refractivity contribution in [2.75, 3.05) is 6.61 Å². The minimum atomic E-state index is -4.92. The summed E-state index contributed by atoms with van der Waals surface area (Å²) in [5, 5.41) is 20.9. The monoisotopic (exact) mass is 270 g/mol. The highest BCUT2D eigenvalue weighted by molar-refractivity contribution is 7.44. The average Bonchev–Trinajstić information content (AvgIpc) is 2.41. The van der Waals surface area contributed by atoms with E-state index in [1.54, 1.807) is 0 Å². The number of rotatable bonds is 4. The van der Waals surface area contributed by atoms with Gasteiger partial charge in [-0.1, -0.05) is 0 Å². The maximum atomic E-state index is 10.8. The van der Waals surface area contributed by atoms with Crippen LogP contribution >= 0.6 is 7.82 Å². The lowest BCUT2D eigenvalue weighted by atomic mass is 10.1. The number of aliphatic hydroxyl groups is 2. The zero-order valence-electron chi connectivity index (χ0n) is 8.85. The molecule has 1 heterocycles. The molecule has 1 aliphatic heterocycles. The highest BCUT2D eigenvalue weighted by Crippen LogP contribution is 2.32. The molecule has 0 aliphatic carbocycles. The number of hydrogen-bond donors (Lipinski definition) is 4. The highest BCUT2D eigenvalue weighted by Gasteiger charge is 2.43. The molecule has 17 heavy (non-hydrogen) atoms. The number of nitrogens with one attached hydrogen (secondary N) is 1. The summed E-state index contributed by atoms with van der Waals surface area (Å²) in [5.74, 6) is -0.494. The Morgan fingerprint density at radius 2 is 2.18 bits per heavy atom. The average molecular weight is 270 g/mol. The summed E-state index contributed by atoms with van der Waals surface area (Å²) >= 11 is 0. The first kappa shape index (κ1) is 14.5. The van der Waals surface area contributed by atoms with Crippen molar-refractivity contribution < 1.29 is 38.6 Å². The Balaban J connectivity index is 2.62. The molecule has 0 aromatic rings. The van der Waals surface area contributed by atoms with Gasteiger partial charge >= 0.3 is 0 Å². The van der Waals surface area contributed by atoms with Crippen molar-refractivity contribution in [3.63, 3.8) is 0 Å². The maximum absolute atomic E-state index is 10.8. The first-order chi connectivity index (χ1) is 7.70. The molecule has 9 nitrogen and oxygen atoms in total. The molecule has 5 atom stereocenters. The van der Waals surface area contributed by atoms with E-state index in [-0.39, 0.29) is 0 Å². The van der Waals surface area contributed by atoms with Gasteiger partial charge in [-0.25, -0.2) is 0 Å². The van der Waals surface area contributed by atoms with E-state index in [2.05, 4.69) is 9.84 Å². The Morgan fingerprint density at radius 1 is 1.59 bits per heavy atom. The van der Waals surface area contributed by atoms with Gasteiger partial charge in [-0.15, -0.1) is 0 Å². The fourth-order valence-corrected chi connectivity index (χ4v) is 1.80. The van der Waals surface area contributed by atoms with Crippen molar-refractivity contribution in [2.45, 2.75) is 31.5 Å². The molecule has 0 radical (unpaired) electrons. The number of amides is 1. The third-order valence-electron chi connectivity index (χ3n) is 2.15. The van der Waals surface area contributed by atoms with Gasteiger partial charge in [0, 0.05) is 6.92 Å². The first-order valence-corrected chi connectivity index (χ1v) is 6.17. The van der Waals surface area contributed by atoms with Crippen molar-refractivity contribution in [1.29, 1.82) is 0 Å². The number of ether oxygens (including phenoxy) is 1. The number of carbonyl (C=O) groups is 1. The van der Waals surface area contributed by atoms with E-state index in [1.165, 1.54) is 6.92 Å². The van der Waals surface area contributed by atoms with Crippen LogP contribution in [-0.4, -0.2) is 52.2 Å². The quantitative estimate of drug-likeness (QED) is 0.396. The van der Waals surface area contributed by atoms with Gasteiger partial charge in [0.2, 0.25) is 5.91 Å². The van der Waals surface area contributed by atoms with Crippen LogP contribution in [0.1, 0.15) is 6.92 Å². The molecule has 100 valence electrons. The van der Waals surface area contributed by atoms with Crippen LogP contribution in [-0.2, 0) is 18.6 Å². The van der Waals surface area contributed by atoms with Crippen LogP contribution in [0, 0.1) is 0 Å². The molecule has 0 spiro atoms. The summed E-state index contributed by atoms with van der Waals surface area (Å²) in [6.07, 6.45) is -4.05. The van der Waals surface area contributed by atoms with Crippen LogP contribution < -0.4 is 10.2 Å². The molecule has 1 rings (SSSR count). The summed E-state index contributed by atoms with van der Waals surface area (Å²) in [7, 11) is -4.92. The van der Waals surface area contributed by atoms with Gasteiger partial charge in [0.1, 0.15) is 12.2 Å². The Kier molecular flexibility index (Phi) is 4.62. The van der Waals surface area contributed by atoms with Crippen LogP contribution in [0.25, 0.3) is 0 Å². The Morgan fingerprint density at radius 3 is 2.65 bits per heavy atom. The number of aliphatic hydroxyl groups excluding tert-OH is 2. The second kappa shape index (κ2) is 5.40. The molecule has 1 aliphatic rings. The fraction of sp³-hybridized carbons (Fsp3) is 0.857. The summed E-state index contributed by atoms with van der Waals surface area (Å²) in [6, 6.07) is -1.02. The molecule has 0 aromatic heterocycles. The lowest BCUT2D eigenvalue weighted by Crippen LogP contribution is -2.48. The zero-order chi connectivity index (χ0) is 13.2. The maximum Gasteiger partial charge on any atom is 0.265 e. The van der Waals surface area contributed by atoms with Crippen LogP contribution in [0.15, 0.2) is 0 Å². The van der Waals surface area contributed by atoms with Crippen molar-refractivity contribution in [2.24, 2.45) is 0 Å². The second-order valence-corrected chi connectivity index (χ2v) is 4.74. The van der Waals surface area contributed by atoms with E-state index >= 15 is 0 Å². The van der Waals surface area contributed by atoms with Gasteiger partial charge in [0.15, 0.2) is 6.29 Å². The SMILES string of the molecule is CC(=O)NC1C(O)[C@H](O)O[C@@H]1COP(=O)([O-])O. The van der Waals surface area contributed by atoms with Gasteiger partial charge in [-0.3, -0.25) is 9.36 Å². The molecule has 3 unspecified atom stereocenters. The zero-order valence-corrected chi connectivity index (χ0v) is 9.74. The van der Waals surface area contributed by atoms with Crippen molar-refractivity contribution in [1.82, 2.24) is 5.32 Å². The normalized spacial score (nSPS) is 36.5. The van der Waals surface area contributed by atoms with E-state index in [0.29, 0.717) is 0 Å². The fourth-order valence-electron chi connectivity index (χ4n) is 1.47. The summed E-state index contributed by atoms with van der Waals surface area (Å²) in [4.78, 5) is 29.6. The minimum absolute atomic E-state index is 0.494. The largest absolute Gasteiger partial charge is 0.756 e. The summed E-state index contributed by atoms with van der Waals surface area (Å²) < 4.78 is 19.2. The van der Waals surface area contributed by atoms with Gasteiger partial charge in [-0.05, 0) is 0 Å².